The summed E-state index contributed by atoms with van der Waals surface area (Å²) in [4.78, 5) is 2.62. The second-order valence-corrected chi connectivity index (χ2v) is 5.81. The minimum absolute atomic E-state index is 0.192. The summed E-state index contributed by atoms with van der Waals surface area (Å²) in [5.74, 6) is 0. The van der Waals surface area contributed by atoms with Crippen molar-refractivity contribution in [1.29, 1.82) is 0 Å². The topological polar surface area (TPSA) is 29.3 Å². The first-order valence-electron chi connectivity index (χ1n) is 6.56. The molecule has 2 nitrogen and oxygen atoms in total. The van der Waals surface area contributed by atoms with Crippen molar-refractivity contribution in [3.8, 4) is 0 Å². The number of likely N-dealkylation sites (tertiary alicyclic amines) is 1. The van der Waals surface area contributed by atoms with Crippen LogP contribution in [-0.4, -0.2) is 28.6 Å². The molecule has 1 atom stereocenters. The molecule has 16 heavy (non-hydrogen) atoms. The summed E-state index contributed by atoms with van der Waals surface area (Å²) in [6.07, 6.45) is 6.58. The van der Waals surface area contributed by atoms with Gasteiger partial charge in [-0.25, -0.2) is 0 Å². The Morgan fingerprint density at radius 2 is 1.88 bits per heavy atom. The first-order chi connectivity index (χ1) is 7.41. The summed E-state index contributed by atoms with van der Waals surface area (Å²) in [7, 11) is 0. The molecular formula is C14H28N2. The van der Waals surface area contributed by atoms with Crippen molar-refractivity contribution < 1.29 is 0 Å². The van der Waals surface area contributed by atoms with Crippen LogP contribution >= 0.6 is 0 Å². The SMILES string of the molecule is C=CCN1C(C)(C)CC(N)CC1(CC)CC. The number of hydrogen-bond donors (Lipinski definition) is 1. The summed E-state index contributed by atoms with van der Waals surface area (Å²) in [6.45, 7) is 14.1. The van der Waals surface area contributed by atoms with Crippen LogP contribution in [0.4, 0.5) is 0 Å². The molecule has 2 N–H and O–H groups in total. The van der Waals surface area contributed by atoms with Crippen molar-refractivity contribution in [2.24, 2.45) is 5.73 Å². The molecule has 0 bridgehead atoms. The lowest BCUT2D eigenvalue weighted by Gasteiger charge is -2.57. The fourth-order valence-corrected chi connectivity index (χ4v) is 3.55. The van der Waals surface area contributed by atoms with E-state index in [2.05, 4.69) is 39.2 Å². The van der Waals surface area contributed by atoms with Gasteiger partial charge in [-0.15, -0.1) is 6.58 Å². The first kappa shape index (κ1) is 13.7. The Hall–Kier alpha value is -0.340. The van der Waals surface area contributed by atoms with E-state index < -0.39 is 0 Å². The van der Waals surface area contributed by atoms with E-state index in [1.54, 1.807) is 0 Å². The van der Waals surface area contributed by atoms with E-state index in [-0.39, 0.29) is 11.1 Å². The fourth-order valence-electron chi connectivity index (χ4n) is 3.55. The quantitative estimate of drug-likeness (QED) is 0.744. The normalized spacial score (nSPS) is 28.9. The molecule has 1 saturated heterocycles. The first-order valence-corrected chi connectivity index (χ1v) is 6.56. The number of nitrogens with zero attached hydrogens (tertiary/aromatic N) is 1. The minimum Gasteiger partial charge on any atom is -0.328 e. The van der Waals surface area contributed by atoms with Crippen molar-refractivity contribution in [1.82, 2.24) is 4.90 Å². The molecule has 0 aromatic rings. The Bertz CT molecular complexity index is 241. The van der Waals surface area contributed by atoms with Gasteiger partial charge in [-0.05, 0) is 39.5 Å². The zero-order valence-corrected chi connectivity index (χ0v) is 11.4. The Labute approximate surface area is 101 Å². The predicted molar refractivity (Wildman–Crippen MR) is 71.5 cm³/mol. The van der Waals surface area contributed by atoms with Gasteiger partial charge >= 0.3 is 0 Å². The summed E-state index contributed by atoms with van der Waals surface area (Å²) >= 11 is 0. The van der Waals surface area contributed by atoms with Crippen molar-refractivity contribution in [2.45, 2.75) is 70.5 Å². The molecule has 0 aromatic carbocycles. The van der Waals surface area contributed by atoms with Crippen molar-refractivity contribution in [2.75, 3.05) is 6.54 Å². The maximum absolute atomic E-state index is 6.24. The molecule has 1 rings (SSSR count). The molecule has 0 radical (unpaired) electrons. The number of piperidine rings is 1. The van der Waals surface area contributed by atoms with E-state index in [0.717, 1.165) is 19.4 Å². The van der Waals surface area contributed by atoms with Crippen molar-refractivity contribution in [3.63, 3.8) is 0 Å². The highest BCUT2D eigenvalue weighted by molar-refractivity contribution is 5.05. The summed E-state index contributed by atoms with van der Waals surface area (Å²) in [5, 5.41) is 0. The second-order valence-electron chi connectivity index (χ2n) is 5.81. The molecule has 0 saturated carbocycles. The van der Waals surface area contributed by atoms with Gasteiger partial charge in [0.05, 0.1) is 0 Å². The van der Waals surface area contributed by atoms with Crippen LogP contribution in [0.3, 0.4) is 0 Å². The van der Waals surface area contributed by atoms with Crippen molar-refractivity contribution >= 4 is 0 Å². The van der Waals surface area contributed by atoms with Crippen LogP contribution in [0.25, 0.3) is 0 Å². The third-order valence-corrected chi connectivity index (χ3v) is 4.34. The Kier molecular flexibility index (Phi) is 4.19. The molecule has 1 fully saturated rings. The van der Waals surface area contributed by atoms with Gasteiger partial charge in [-0.3, -0.25) is 4.90 Å². The van der Waals surface area contributed by atoms with Gasteiger partial charge in [-0.2, -0.15) is 0 Å². The zero-order chi connectivity index (χ0) is 12.4. The van der Waals surface area contributed by atoms with Gasteiger partial charge in [-0.1, -0.05) is 19.9 Å². The van der Waals surface area contributed by atoms with Crippen LogP contribution in [0.15, 0.2) is 12.7 Å². The maximum Gasteiger partial charge on any atom is 0.0227 e. The Morgan fingerprint density at radius 1 is 1.31 bits per heavy atom. The average Bonchev–Trinajstić information content (AvgIpc) is 2.21. The highest BCUT2D eigenvalue weighted by Gasteiger charge is 2.46. The molecular weight excluding hydrogens is 196 g/mol. The third-order valence-electron chi connectivity index (χ3n) is 4.34. The lowest BCUT2D eigenvalue weighted by atomic mass is 9.73. The second kappa shape index (κ2) is 4.89. The molecule has 0 aromatic heterocycles. The Morgan fingerprint density at radius 3 is 2.31 bits per heavy atom. The fraction of sp³-hybridized carbons (Fsp3) is 0.857. The minimum atomic E-state index is 0.192. The van der Waals surface area contributed by atoms with Gasteiger partial charge in [0, 0.05) is 23.7 Å². The van der Waals surface area contributed by atoms with Crippen LogP contribution < -0.4 is 5.73 Å². The van der Waals surface area contributed by atoms with Gasteiger partial charge in [0.25, 0.3) is 0 Å². The Balaban J connectivity index is 3.05. The predicted octanol–water partition coefficient (Wildman–Crippen LogP) is 2.93. The van der Waals surface area contributed by atoms with Crippen LogP contribution in [-0.2, 0) is 0 Å². The highest BCUT2D eigenvalue weighted by Crippen LogP contribution is 2.41. The molecule has 2 heteroatoms. The lowest BCUT2D eigenvalue weighted by molar-refractivity contribution is -0.0504. The molecule has 1 aliphatic heterocycles. The molecule has 94 valence electrons. The monoisotopic (exact) mass is 224 g/mol. The van der Waals surface area contributed by atoms with Crippen molar-refractivity contribution in [3.05, 3.63) is 12.7 Å². The molecule has 0 spiro atoms. The van der Waals surface area contributed by atoms with Gasteiger partial charge in [0.15, 0.2) is 0 Å². The summed E-state index contributed by atoms with van der Waals surface area (Å²) in [6, 6.07) is 0.343. The van der Waals surface area contributed by atoms with E-state index in [1.807, 2.05) is 6.08 Å². The molecule has 1 heterocycles. The van der Waals surface area contributed by atoms with E-state index in [1.165, 1.54) is 12.8 Å². The van der Waals surface area contributed by atoms with Gasteiger partial charge in [0.2, 0.25) is 0 Å². The van der Waals surface area contributed by atoms with E-state index in [9.17, 15) is 0 Å². The van der Waals surface area contributed by atoms with E-state index in [4.69, 9.17) is 5.73 Å². The molecule has 0 aliphatic carbocycles. The smallest absolute Gasteiger partial charge is 0.0227 e. The van der Waals surface area contributed by atoms with Crippen LogP contribution in [0.5, 0.6) is 0 Å². The number of nitrogens with two attached hydrogens (primary N) is 1. The van der Waals surface area contributed by atoms with Crippen LogP contribution in [0.1, 0.15) is 53.4 Å². The van der Waals surface area contributed by atoms with Gasteiger partial charge < -0.3 is 5.73 Å². The zero-order valence-electron chi connectivity index (χ0n) is 11.4. The van der Waals surface area contributed by atoms with E-state index >= 15 is 0 Å². The standard InChI is InChI=1S/C14H28N2/c1-6-9-16-13(4,5)10-12(15)11-14(16,7-2)8-3/h6,12H,1,7-11,15H2,2-5H3. The maximum atomic E-state index is 6.24. The summed E-state index contributed by atoms with van der Waals surface area (Å²) in [5.41, 5.74) is 6.71. The average molecular weight is 224 g/mol. The van der Waals surface area contributed by atoms with Crippen LogP contribution in [0, 0.1) is 0 Å². The third kappa shape index (κ3) is 2.33. The van der Waals surface area contributed by atoms with E-state index in [0.29, 0.717) is 6.04 Å². The lowest BCUT2D eigenvalue weighted by Crippen LogP contribution is -2.65. The largest absolute Gasteiger partial charge is 0.328 e. The summed E-state index contributed by atoms with van der Waals surface area (Å²) < 4.78 is 0. The molecule has 0 amide bonds. The number of hydrogen-bond acceptors (Lipinski definition) is 2. The number of rotatable bonds is 4. The molecule has 1 unspecified atom stereocenters. The van der Waals surface area contributed by atoms with Gasteiger partial charge in [0.1, 0.15) is 0 Å². The highest BCUT2D eigenvalue weighted by atomic mass is 15.3. The molecule has 1 aliphatic rings. The van der Waals surface area contributed by atoms with Crippen LogP contribution in [0.2, 0.25) is 0 Å².